The molecule has 0 saturated heterocycles. The number of hydrogen-bond donors (Lipinski definition) is 0. The van der Waals surface area contributed by atoms with Crippen molar-refractivity contribution in [1.29, 1.82) is 0 Å². The minimum Gasteiger partial charge on any atom is -0.456 e. The van der Waals surface area contributed by atoms with Crippen molar-refractivity contribution < 1.29 is 4.74 Å². The fraction of sp³-hybridized carbons (Fsp3) is 0.161. The highest BCUT2D eigenvalue weighted by Crippen LogP contribution is 2.37. The molecule has 0 saturated carbocycles. The molecule has 0 atom stereocenters. The minimum absolute atomic E-state index is 0.360. The number of hydrogen-bond acceptors (Lipinski definition) is 5. The normalized spacial score (nSPS) is 13.7. The summed E-state index contributed by atoms with van der Waals surface area (Å²) in [5.74, 6) is 1.82. The summed E-state index contributed by atoms with van der Waals surface area (Å²) < 4.78 is 8.63. The van der Waals surface area contributed by atoms with Crippen LogP contribution in [-0.4, -0.2) is 33.0 Å². The average Bonchev–Trinajstić information content (AvgIpc) is 3.52. The van der Waals surface area contributed by atoms with E-state index >= 15 is 0 Å². The van der Waals surface area contributed by atoms with Crippen LogP contribution in [0.5, 0.6) is 11.5 Å². The molecule has 0 aliphatic carbocycles. The first kappa shape index (κ1) is 21.7. The second-order valence-electron chi connectivity index (χ2n) is 9.99. The van der Waals surface area contributed by atoms with Gasteiger partial charge in [-0.25, -0.2) is 4.98 Å². The number of nitrogens with zero attached hydrogens (tertiary/aromatic N) is 5. The maximum absolute atomic E-state index is 6.36. The van der Waals surface area contributed by atoms with Crippen LogP contribution in [0.2, 0.25) is 0 Å². The standard InChI is InChI=1S/C31H27N5O/c1-20(2)24-10-7-13-28-29(24)30-25(31-33-26-11-4-5-12-27(26)36(28)31)17-23(18-32-30)37-22-9-6-8-21(16-22)35-15-14-34(3)19-35/h4-18,20H,19H2,1-3H3. The smallest absolute Gasteiger partial charge is 0.148 e. The topological polar surface area (TPSA) is 45.9 Å². The molecule has 0 amide bonds. The molecule has 7 rings (SSSR count). The molecule has 37 heavy (non-hydrogen) atoms. The van der Waals surface area contributed by atoms with Crippen LogP contribution in [0.1, 0.15) is 25.3 Å². The molecule has 0 spiro atoms. The highest BCUT2D eigenvalue weighted by Gasteiger charge is 2.19. The van der Waals surface area contributed by atoms with E-state index in [2.05, 4.69) is 102 Å². The van der Waals surface area contributed by atoms with Gasteiger partial charge in [-0.05, 0) is 47.9 Å². The molecule has 182 valence electrons. The van der Waals surface area contributed by atoms with Gasteiger partial charge in [-0.15, -0.1) is 0 Å². The van der Waals surface area contributed by atoms with Crippen molar-refractivity contribution >= 4 is 44.2 Å². The Labute approximate surface area is 215 Å². The lowest BCUT2D eigenvalue weighted by Gasteiger charge is -2.19. The summed E-state index contributed by atoms with van der Waals surface area (Å²) in [6.45, 7) is 5.28. The van der Waals surface area contributed by atoms with Crippen molar-refractivity contribution in [2.24, 2.45) is 0 Å². The second kappa shape index (κ2) is 8.23. The molecule has 0 N–H and O–H groups in total. The van der Waals surface area contributed by atoms with E-state index in [9.17, 15) is 0 Å². The number of aromatic nitrogens is 3. The molecule has 3 aromatic carbocycles. The first-order valence-electron chi connectivity index (χ1n) is 12.6. The molecule has 6 heteroatoms. The van der Waals surface area contributed by atoms with Gasteiger partial charge in [-0.3, -0.25) is 9.38 Å². The van der Waals surface area contributed by atoms with Gasteiger partial charge >= 0.3 is 0 Å². The number of para-hydroxylation sites is 2. The number of rotatable bonds is 4. The van der Waals surface area contributed by atoms with Crippen molar-refractivity contribution in [1.82, 2.24) is 19.3 Å². The third-order valence-electron chi connectivity index (χ3n) is 7.10. The summed E-state index contributed by atoms with van der Waals surface area (Å²) in [4.78, 5) is 14.3. The summed E-state index contributed by atoms with van der Waals surface area (Å²) in [5, 5.41) is 2.15. The Morgan fingerprint density at radius 2 is 1.70 bits per heavy atom. The van der Waals surface area contributed by atoms with Gasteiger partial charge in [0.2, 0.25) is 0 Å². The molecule has 6 nitrogen and oxygen atoms in total. The third-order valence-corrected chi connectivity index (χ3v) is 7.10. The number of benzene rings is 3. The minimum atomic E-state index is 0.360. The molecular formula is C31H27N5O. The van der Waals surface area contributed by atoms with Gasteiger partial charge in [0.25, 0.3) is 0 Å². The summed E-state index contributed by atoms with van der Waals surface area (Å²) in [6.07, 6.45) is 5.97. The number of ether oxygens (including phenoxy) is 1. The first-order chi connectivity index (χ1) is 18.1. The molecule has 0 fully saturated rings. The Morgan fingerprint density at radius 1 is 0.865 bits per heavy atom. The fourth-order valence-electron chi connectivity index (χ4n) is 5.36. The van der Waals surface area contributed by atoms with E-state index in [0.29, 0.717) is 11.7 Å². The molecule has 0 bridgehead atoms. The highest BCUT2D eigenvalue weighted by molar-refractivity contribution is 6.13. The molecular weight excluding hydrogens is 458 g/mol. The van der Waals surface area contributed by atoms with Gasteiger partial charge in [0, 0.05) is 42.0 Å². The quantitative estimate of drug-likeness (QED) is 0.245. The van der Waals surface area contributed by atoms with Crippen LogP contribution < -0.4 is 9.64 Å². The molecule has 0 radical (unpaired) electrons. The Kier molecular flexibility index (Phi) is 4.83. The SMILES string of the molecule is CC(C)c1cccc2c1c1ncc(Oc3cccc(N4C=CN(C)C4)c3)cc1c1nc3ccccc3n21. The predicted octanol–water partition coefficient (Wildman–Crippen LogP) is 7.29. The summed E-state index contributed by atoms with van der Waals surface area (Å²) >= 11 is 0. The highest BCUT2D eigenvalue weighted by atomic mass is 16.5. The largest absolute Gasteiger partial charge is 0.456 e. The fourth-order valence-corrected chi connectivity index (χ4v) is 5.36. The molecule has 6 aromatic rings. The van der Waals surface area contributed by atoms with E-state index in [1.807, 2.05) is 24.4 Å². The van der Waals surface area contributed by atoms with E-state index in [4.69, 9.17) is 14.7 Å². The zero-order valence-corrected chi connectivity index (χ0v) is 21.1. The Hall–Kier alpha value is -4.58. The van der Waals surface area contributed by atoms with Crippen LogP contribution in [0.3, 0.4) is 0 Å². The van der Waals surface area contributed by atoms with Gasteiger partial charge in [0.15, 0.2) is 0 Å². The molecule has 3 aromatic heterocycles. The van der Waals surface area contributed by atoms with Crippen LogP contribution in [0.25, 0.3) is 38.5 Å². The average molecular weight is 486 g/mol. The number of anilines is 1. The van der Waals surface area contributed by atoms with Gasteiger partial charge in [-0.1, -0.05) is 44.2 Å². The van der Waals surface area contributed by atoms with Crippen molar-refractivity contribution in [3.63, 3.8) is 0 Å². The lowest BCUT2D eigenvalue weighted by Crippen LogP contribution is -2.21. The molecule has 4 heterocycles. The maximum Gasteiger partial charge on any atom is 0.148 e. The molecule has 1 aliphatic rings. The lowest BCUT2D eigenvalue weighted by molar-refractivity contribution is 0.479. The zero-order valence-electron chi connectivity index (χ0n) is 21.1. The van der Waals surface area contributed by atoms with Crippen LogP contribution in [-0.2, 0) is 0 Å². The van der Waals surface area contributed by atoms with Gasteiger partial charge in [-0.2, -0.15) is 0 Å². The van der Waals surface area contributed by atoms with Crippen LogP contribution >= 0.6 is 0 Å². The summed E-state index contributed by atoms with van der Waals surface area (Å²) in [5.41, 5.74) is 7.39. The first-order valence-corrected chi connectivity index (χ1v) is 12.6. The lowest BCUT2D eigenvalue weighted by atomic mass is 9.96. The van der Waals surface area contributed by atoms with Crippen LogP contribution in [0.4, 0.5) is 5.69 Å². The predicted molar refractivity (Wildman–Crippen MR) is 150 cm³/mol. The van der Waals surface area contributed by atoms with Crippen LogP contribution in [0.15, 0.2) is 91.4 Å². The Morgan fingerprint density at radius 3 is 2.54 bits per heavy atom. The van der Waals surface area contributed by atoms with Crippen LogP contribution in [0, 0.1) is 0 Å². The summed E-state index contributed by atoms with van der Waals surface area (Å²) in [6, 6.07) is 25.0. The number of fused-ring (bicyclic) bond motifs is 8. The maximum atomic E-state index is 6.36. The van der Waals surface area contributed by atoms with Crippen molar-refractivity contribution in [3.05, 3.63) is 97.0 Å². The number of imidazole rings is 1. The third kappa shape index (κ3) is 3.48. The van der Waals surface area contributed by atoms with Crippen molar-refractivity contribution in [2.75, 3.05) is 18.6 Å². The monoisotopic (exact) mass is 485 g/mol. The Bertz CT molecular complexity index is 1850. The Balaban J connectivity index is 1.43. The van der Waals surface area contributed by atoms with Gasteiger partial charge < -0.3 is 14.5 Å². The zero-order chi connectivity index (χ0) is 25.1. The molecule has 1 aliphatic heterocycles. The van der Waals surface area contributed by atoms with Crippen molar-refractivity contribution in [2.45, 2.75) is 19.8 Å². The van der Waals surface area contributed by atoms with E-state index in [-0.39, 0.29) is 0 Å². The molecule has 0 unspecified atom stereocenters. The van der Waals surface area contributed by atoms with E-state index in [1.165, 1.54) is 10.9 Å². The summed E-state index contributed by atoms with van der Waals surface area (Å²) in [7, 11) is 2.06. The van der Waals surface area contributed by atoms with Gasteiger partial charge in [0.05, 0.1) is 34.9 Å². The van der Waals surface area contributed by atoms with Crippen molar-refractivity contribution in [3.8, 4) is 11.5 Å². The van der Waals surface area contributed by atoms with E-state index in [0.717, 1.165) is 51.2 Å². The van der Waals surface area contributed by atoms with E-state index < -0.39 is 0 Å². The van der Waals surface area contributed by atoms with Gasteiger partial charge in [0.1, 0.15) is 17.1 Å². The number of pyridine rings is 2. The van der Waals surface area contributed by atoms with E-state index in [1.54, 1.807) is 0 Å². The second-order valence-corrected chi connectivity index (χ2v) is 9.99.